The number of carboxylic acid groups (broad SMARTS) is 1. The van der Waals surface area contributed by atoms with E-state index in [0.29, 0.717) is 16.5 Å². The van der Waals surface area contributed by atoms with Crippen LogP contribution in [0.1, 0.15) is 17.9 Å². The van der Waals surface area contributed by atoms with Crippen molar-refractivity contribution in [3.63, 3.8) is 0 Å². The van der Waals surface area contributed by atoms with Gasteiger partial charge in [0.2, 0.25) is 0 Å². The molecule has 3 nitrogen and oxygen atoms in total. The lowest BCUT2D eigenvalue weighted by Gasteiger charge is -2.03. The van der Waals surface area contributed by atoms with Crippen molar-refractivity contribution in [1.82, 2.24) is 4.98 Å². The molecule has 1 heterocycles. The number of pyridine rings is 1. The van der Waals surface area contributed by atoms with Gasteiger partial charge in [-0.05, 0) is 12.0 Å². The van der Waals surface area contributed by atoms with Crippen LogP contribution in [-0.2, 0) is 4.79 Å². The highest BCUT2D eigenvalue weighted by Crippen LogP contribution is 2.51. The first-order chi connectivity index (χ1) is 6.61. The third kappa shape index (κ3) is 1.57. The van der Waals surface area contributed by atoms with Crippen molar-refractivity contribution < 1.29 is 9.90 Å². The molecule has 1 aromatic rings. The first-order valence-electron chi connectivity index (χ1n) is 4.13. The van der Waals surface area contributed by atoms with Crippen LogP contribution in [-0.4, -0.2) is 16.1 Å². The van der Waals surface area contributed by atoms with E-state index in [9.17, 15) is 4.79 Å². The maximum absolute atomic E-state index is 10.7. The minimum atomic E-state index is -0.793. The molecule has 0 saturated heterocycles. The molecule has 1 aromatic heterocycles. The maximum Gasteiger partial charge on any atom is 0.307 e. The van der Waals surface area contributed by atoms with Gasteiger partial charge < -0.3 is 5.11 Å². The smallest absolute Gasteiger partial charge is 0.307 e. The second-order valence-electron chi connectivity index (χ2n) is 3.30. The molecule has 0 radical (unpaired) electrons. The molecule has 5 heteroatoms. The molecule has 0 amide bonds. The summed E-state index contributed by atoms with van der Waals surface area (Å²) in [4.78, 5) is 14.5. The molecular weight excluding hydrogens is 225 g/mol. The van der Waals surface area contributed by atoms with Crippen LogP contribution in [0.15, 0.2) is 12.4 Å². The number of hydrogen-bond donors (Lipinski definition) is 1. The topological polar surface area (TPSA) is 50.2 Å². The summed E-state index contributed by atoms with van der Waals surface area (Å²) in [7, 11) is 0. The number of nitrogens with zero attached hydrogens (tertiary/aromatic N) is 1. The Morgan fingerprint density at radius 1 is 1.43 bits per heavy atom. The van der Waals surface area contributed by atoms with E-state index < -0.39 is 5.97 Å². The fourth-order valence-corrected chi connectivity index (χ4v) is 2.21. The number of carbonyl (C=O) groups is 1. The lowest BCUT2D eigenvalue weighted by Crippen LogP contribution is -1.99. The summed E-state index contributed by atoms with van der Waals surface area (Å²) in [5.41, 5.74) is 0.718. The van der Waals surface area contributed by atoms with E-state index in [4.69, 9.17) is 28.3 Å². The summed E-state index contributed by atoms with van der Waals surface area (Å²) in [6.45, 7) is 0. The van der Waals surface area contributed by atoms with E-state index in [1.54, 1.807) is 0 Å². The molecular formula is C9H7Cl2NO2. The number of aromatic nitrogens is 1. The van der Waals surface area contributed by atoms with Gasteiger partial charge in [-0.3, -0.25) is 9.78 Å². The Morgan fingerprint density at radius 3 is 2.43 bits per heavy atom. The monoisotopic (exact) mass is 231 g/mol. The molecule has 1 saturated carbocycles. The van der Waals surface area contributed by atoms with Gasteiger partial charge in [0.1, 0.15) is 0 Å². The lowest BCUT2D eigenvalue weighted by molar-refractivity contribution is -0.138. The number of hydrogen-bond acceptors (Lipinski definition) is 2. The molecule has 0 spiro atoms. The predicted molar refractivity (Wildman–Crippen MR) is 52.7 cm³/mol. The average Bonchev–Trinajstić information content (AvgIpc) is 2.83. The van der Waals surface area contributed by atoms with Crippen LogP contribution in [0.4, 0.5) is 0 Å². The minimum absolute atomic E-state index is 0.0458. The molecule has 1 aliphatic carbocycles. The van der Waals surface area contributed by atoms with Crippen molar-refractivity contribution in [2.45, 2.75) is 12.3 Å². The highest BCUT2D eigenvalue weighted by molar-refractivity contribution is 6.36. The Kier molecular flexibility index (Phi) is 2.37. The lowest BCUT2D eigenvalue weighted by atomic mass is 10.1. The van der Waals surface area contributed by atoms with Crippen molar-refractivity contribution in [3.8, 4) is 0 Å². The minimum Gasteiger partial charge on any atom is -0.481 e. The van der Waals surface area contributed by atoms with E-state index in [-0.39, 0.29) is 11.8 Å². The summed E-state index contributed by atoms with van der Waals surface area (Å²) in [6, 6.07) is 0. The van der Waals surface area contributed by atoms with Gasteiger partial charge in [0, 0.05) is 18.3 Å². The molecule has 2 rings (SSSR count). The van der Waals surface area contributed by atoms with Crippen molar-refractivity contribution in [1.29, 1.82) is 0 Å². The quantitative estimate of drug-likeness (QED) is 0.852. The summed E-state index contributed by atoms with van der Waals surface area (Å²) in [5.74, 6) is -1.18. The van der Waals surface area contributed by atoms with Crippen molar-refractivity contribution >= 4 is 29.2 Å². The van der Waals surface area contributed by atoms with Crippen LogP contribution in [0.5, 0.6) is 0 Å². The van der Waals surface area contributed by atoms with Gasteiger partial charge in [-0.25, -0.2) is 0 Å². The van der Waals surface area contributed by atoms with Crippen LogP contribution < -0.4 is 0 Å². The van der Waals surface area contributed by atoms with Crippen LogP contribution in [0.3, 0.4) is 0 Å². The Hall–Kier alpha value is -0.800. The van der Waals surface area contributed by atoms with Crippen LogP contribution >= 0.6 is 23.2 Å². The SMILES string of the molecule is O=C(O)[C@@H]1C[C@H]1c1c(Cl)cncc1Cl. The fraction of sp³-hybridized carbons (Fsp3) is 0.333. The Labute approximate surface area is 90.7 Å². The van der Waals surface area contributed by atoms with E-state index in [1.165, 1.54) is 12.4 Å². The Balaban J connectivity index is 2.31. The highest BCUT2D eigenvalue weighted by Gasteiger charge is 2.46. The van der Waals surface area contributed by atoms with E-state index in [1.807, 2.05) is 0 Å². The zero-order valence-corrected chi connectivity index (χ0v) is 8.59. The number of rotatable bonds is 2. The second kappa shape index (κ2) is 3.41. The third-order valence-corrected chi connectivity index (χ3v) is 2.97. The molecule has 2 atom stereocenters. The molecule has 1 aliphatic rings. The second-order valence-corrected chi connectivity index (χ2v) is 4.12. The summed E-state index contributed by atoms with van der Waals surface area (Å²) in [5, 5.41) is 9.67. The van der Waals surface area contributed by atoms with Gasteiger partial charge in [0.15, 0.2) is 0 Å². The number of halogens is 2. The van der Waals surface area contributed by atoms with Gasteiger partial charge in [0.25, 0.3) is 0 Å². The van der Waals surface area contributed by atoms with Crippen molar-refractivity contribution in [2.24, 2.45) is 5.92 Å². The van der Waals surface area contributed by atoms with E-state index >= 15 is 0 Å². The first-order valence-corrected chi connectivity index (χ1v) is 4.88. The zero-order valence-electron chi connectivity index (χ0n) is 7.08. The standard InChI is InChI=1S/C9H7Cl2NO2/c10-6-2-12-3-7(11)8(6)4-1-5(4)9(13)14/h2-5H,1H2,(H,13,14)/t4-,5-/m1/s1. The predicted octanol–water partition coefficient (Wildman–Crippen LogP) is 2.58. The largest absolute Gasteiger partial charge is 0.481 e. The molecule has 74 valence electrons. The molecule has 1 fully saturated rings. The van der Waals surface area contributed by atoms with Crippen molar-refractivity contribution in [2.75, 3.05) is 0 Å². The summed E-state index contributed by atoms with van der Waals surface area (Å²) >= 11 is 11.8. The maximum atomic E-state index is 10.7. The number of carboxylic acids is 1. The molecule has 0 bridgehead atoms. The van der Waals surface area contributed by atoms with Gasteiger partial charge in [-0.1, -0.05) is 23.2 Å². The van der Waals surface area contributed by atoms with Gasteiger partial charge in [-0.15, -0.1) is 0 Å². The third-order valence-electron chi connectivity index (χ3n) is 2.37. The van der Waals surface area contributed by atoms with E-state index in [0.717, 1.165) is 5.56 Å². The molecule has 0 aromatic carbocycles. The van der Waals surface area contributed by atoms with Crippen molar-refractivity contribution in [3.05, 3.63) is 28.0 Å². The Bertz CT molecular complexity index is 374. The van der Waals surface area contributed by atoms with Gasteiger partial charge in [-0.2, -0.15) is 0 Å². The molecule has 1 N–H and O–H groups in total. The summed E-state index contributed by atoms with van der Waals surface area (Å²) < 4.78 is 0. The van der Waals surface area contributed by atoms with Crippen LogP contribution in [0, 0.1) is 5.92 Å². The first kappa shape index (κ1) is 9.74. The normalized spacial score (nSPS) is 24.7. The Morgan fingerprint density at radius 2 is 2.00 bits per heavy atom. The number of aliphatic carboxylic acids is 1. The fourth-order valence-electron chi connectivity index (χ4n) is 1.56. The molecule has 0 aliphatic heterocycles. The highest BCUT2D eigenvalue weighted by atomic mass is 35.5. The van der Waals surface area contributed by atoms with Crippen LogP contribution in [0.25, 0.3) is 0 Å². The van der Waals surface area contributed by atoms with E-state index in [2.05, 4.69) is 4.98 Å². The molecule has 0 unspecified atom stereocenters. The average molecular weight is 232 g/mol. The summed E-state index contributed by atoms with van der Waals surface area (Å²) in [6.07, 6.45) is 3.58. The zero-order chi connectivity index (χ0) is 10.3. The molecule has 14 heavy (non-hydrogen) atoms. The van der Waals surface area contributed by atoms with Gasteiger partial charge >= 0.3 is 5.97 Å². The van der Waals surface area contributed by atoms with Crippen LogP contribution in [0.2, 0.25) is 10.0 Å². The van der Waals surface area contributed by atoms with Gasteiger partial charge in [0.05, 0.1) is 16.0 Å².